The van der Waals surface area contributed by atoms with Crippen LogP contribution in [0.1, 0.15) is 0 Å². The average Bonchev–Trinajstić information content (AvgIpc) is 2.25. The quantitative estimate of drug-likeness (QED) is 0.677. The van der Waals surface area contributed by atoms with Crippen molar-refractivity contribution in [3.63, 3.8) is 0 Å². The van der Waals surface area contributed by atoms with Crippen LogP contribution < -0.4 is 4.74 Å². The molecule has 14 heavy (non-hydrogen) atoms. The number of hydrogen-bond donors (Lipinski definition) is 1. The van der Waals surface area contributed by atoms with Gasteiger partial charge in [0.1, 0.15) is 25.1 Å². The molecule has 0 aliphatic rings. The maximum absolute atomic E-state index is 9.81. The van der Waals surface area contributed by atoms with Crippen LogP contribution in [0.15, 0.2) is 30.3 Å². The van der Waals surface area contributed by atoms with Crippen molar-refractivity contribution in [2.75, 3.05) is 13.2 Å². The molecule has 1 aromatic rings. The molecule has 1 atom stereocenters. The van der Waals surface area contributed by atoms with Gasteiger partial charge in [-0.1, -0.05) is 18.2 Å². The molecule has 0 saturated heterocycles. The minimum atomic E-state index is -0.791. The summed E-state index contributed by atoms with van der Waals surface area (Å²) in [4.78, 5) is 9.81. The summed E-state index contributed by atoms with van der Waals surface area (Å²) in [5, 5.41) is 9.23. The highest BCUT2D eigenvalue weighted by Crippen LogP contribution is 2.08. The number of ether oxygens (including phenoxy) is 2. The molecule has 76 valence electrons. The van der Waals surface area contributed by atoms with E-state index in [2.05, 4.69) is 4.74 Å². The number of aliphatic hydroxyl groups excluding tert-OH is 1. The second kappa shape index (κ2) is 5.99. The highest BCUT2D eigenvalue weighted by molar-refractivity contribution is 5.36. The van der Waals surface area contributed by atoms with Crippen molar-refractivity contribution < 1.29 is 19.4 Å². The first-order chi connectivity index (χ1) is 6.83. The van der Waals surface area contributed by atoms with Crippen LogP contribution in [0.4, 0.5) is 0 Å². The molecule has 0 heterocycles. The number of carbonyl (C=O) groups excluding carboxylic acids is 1. The summed E-state index contributed by atoms with van der Waals surface area (Å²) in [5.41, 5.74) is 0. The Morgan fingerprint density at radius 1 is 1.29 bits per heavy atom. The minimum absolute atomic E-state index is 0.0453. The Hall–Kier alpha value is -1.55. The van der Waals surface area contributed by atoms with Crippen LogP contribution >= 0.6 is 0 Å². The van der Waals surface area contributed by atoms with Gasteiger partial charge in [-0.15, -0.1) is 0 Å². The maximum atomic E-state index is 9.81. The lowest BCUT2D eigenvalue weighted by atomic mass is 10.3. The Morgan fingerprint density at radius 2 is 2.00 bits per heavy atom. The van der Waals surface area contributed by atoms with Gasteiger partial charge in [-0.05, 0) is 12.1 Å². The number of benzene rings is 1. The van der Waals surface area contributed by atoms with Gasteiger partial charge >= 0.3 is 0 Å². The summed E-state index contributed by atoms with van der Waals surface area (Å²) >= 11 is 0. The summed E-state index contributed by atoms with van der Waals surface area (Å²) in [6.45, 7) is 0.361. The van der Waals surface area contributed by atoms with E-state index in [4.69, 9.17) is 4.74 Å². The van der Waals surface area contributed by atoms with Crippen LogP contribution in [-0.4, -0.2) is 30.9 Å². The van der Waals surface area contributed by atoms with Crippen LogP contribution in [-0.2, 0) is 9.53 Å². The van der Waals surface area contributed by atoms with E-state index >= 15 is 0 Å². The molecule has 1 rings (SSSR count). The number of aliphatic hydroxyl groups is 1. The lowest BCUT2D eigenvalue weighted by Gasteiger charge is -2.10. The molecule has 4 nitrogen and oxygen atoms in total. The first-order valence-electron chi connectivity index (χ1n) is 4.24. The van der Waals surface area contributed by atoms with E-state index in [1.165, 1.54) is 0 Å². The molecule has 0 bridgehead atoms. The lowest BCUT2D eigenvalue weighted by Crippen LogP contribution is -2.23. The van der Waals surface area contributed by atoms with E-state index in [1.807, 2.05) is 18.2 Å². The molecular formula is C10H12O4. The first kappa shape index (κ1) is 10.5. The van der Waals surface area contributed by atoms with Crippen LogP contribution in [0.2, 0.25) is 0 Å². The largest absolute Gasteiger partial charge is 0.491 e. The van der Waals surface area contributed by atoms with Crippen molar-refractivity contribution in [3.05, 3.63) is 30.3 Å². The molecule has 1 N–H and O–H groups in total. The Balaban J connectivity index is 2.23. The highest BCUT2D eigenvalue weighted by Gasteiger charge is 2.04. The fraction of sp³-hybridized carbons (Fsp3) is 0.300. The normalized spacial score (nSPS) is 11.8. The average molecular weight is 196 g/mol. The molecule has 0 aliphatic heterocycles. The molecular weight excluding hydrogens is 184 g/mol. The van der Waals surface area contributed by atoms with Gasteiger partial charge in [0, 0.05) is 0 Å². The molecule has 0 radical (unpaired) electrons. The second-order valence-electron chi connectivity index (χ2n) is 2.71. The molecule has 4 heteroatoms. The molecule has 1 unspecified atom stereocenters. The predicted octanol–water partition coefficient (Wildman–Crippen LogP) is 0.599. The zero-order chi connectivity index (χ0) is 10.2. The molecule has 0 amide bonds. The number of hydrogen-bond acceptors (Lipinski definition) is 4. The fourth-order valence-electron chi connectivity index (χ4n) is 0.908. The molecule has 0 spiro atoms. The van der Waals surface area contributed by atoms with Gasteiger partial charge in [0.25, 0.3) is 6.47 Å². The van der Waals surface area contributed by atoms with Crippen LogP contribution in [0.25, 0.3) is 0 Å². The third-order valence-electron chi connectivity index (χ3n) is 1.54. The summed E-state index contributed by atoms with van der Waals surface area (Å²) in [5.74, 6) is 0.678. The number of rotatable bonds is 6. The van der Waals surface area contributed by atoms with E-state index in [0.29, 0.717) is 12.2 Å². The Labute approximate surface area is 82.1 Å². The van der Waals surface area contributed by atoms with E-state index < -0.39 is 6.10 Å². The molecule has 0 saturated carbocycles. The van der Waals surface area contributed by atoms with Gasteiger partial charge in [0.15, 0.2) is 0 Å². The van der Waals surface area contributed by atoms with E-state index in [9.17, 15) is 9.90 Å². The van der Waals surface area contributed by atoms with Gasteiger partial charge in [0.05, 0.1) is 0 Å². The summed E-state index contributed by atoms with van der Waals surface area (Å²) < 4.78 is 9.59. The highest BCUT2D eigenvalue weighted by atomic mass is 16.5. The summed E-state index contributed by atoms with van der Waals surface area (Å²) in [7, 11) is 0. The van der Waals surface area contributed by atoms with Crippen LogP contribution in [0.3, 0.4) is 0 Å². The van der Waals surface area contributed by atoms with Gasteiger partial charge in [-0.3, -0.25) is 4.79 Å². The molecule has 1 aromatic carbocycles. The monoisotopic (exact) mass is 196 g/mol. The van der Waals surface area contributed by atoms with Gasteiger partial charge in [-0.25, -0.2) is 0 Å². The standard InChI is InChI=1S/C10H12O4/c11-8-13-6-9(12)7-14-10-4-2-1-3-5-10/h1-5,8-9,12H,6-7H2. The van der Waals surface area contributed by atoms with Crippen LogP contribution in [0.5, 0.6) is 5.75 Å². The zero-order valence-electron chi connectivity index (χ0n) is 7.63. The summed E-state index contributed by atoms with van der Waals surface area (Å²) in [6, 6.07) is 9.12. The van der Waals surface area contributed by atoms with E-state index in [-0.39, 0.29) is 13.2 Å². The van der Waals surface area contributed by atoms with E-state index in [1.54, 1.807) is 12.1 Å². The third-order valence-corrected chi connectivity index (χ3v) is 1.54. The topological polar surface area (TPSA) is 55.8 Å². The SMILES string of the molecule is O=COCC(O)COc1ccccc1. The Morgan fingerprint density at radius 3 is 2.64 bits per heavy atom. The molecule has 0 aromatic heterocycles. The molecule has 0 fully saturated rings. The number of carbonyl (C=O) groups is 1. The van der Waals surface area contributed by atoms with Gasteiger partial charge in [0.2, 0.25) is 0 Å². The van der Waals surface area contributed by atoms with Crippen molar-refractivity contribution in [1.29, 1.82) is 0 Å². The van der Waals surface area contributed by atoms with Crippen LogP contribution in [0, 0.1) is 0 Å². The van der Waals surface area contributed by atoms with Crippen molar-refractivity contribution >= 4 is 6.47 Å². The fourth-order valence-corrected chi connectivity index (χ4v) is 0.908. The first-order valence-corrected chi connectivity index (χ1v) is 4.24. The number of para-hydroxylation sites is 1. The van der Waals surface area contributed by atoms with Gasteiger partial charge < -0.3 is 14.6 Å². The van der Waals surface area contributed by atoms with E-state index in [0.717, 1.165) is 0 Å². The second-order valence-corrected chi connectivity index (χ2v) is 2.71. The summed E-state index contributed by atoms with van der Waals surface area (Å²) in [6.07, 6.45) is -0.791. The van der Waals surface area contributed by atoms with Crippen molar-refractivity contribution in [3.8, 4) is 5.75 Å². The predicted molar refractivity (Wildman–Crippen MR) is 50.0 cm³/mol. The third kappa shape index (κ3) is 3.91. The van der Waals surface area contributed by atoms with Crippen molar-refractivity contribution in [1.82, 2.24) is 0 Å². The molecule has 0 aliphatic carbocycles. The maximum Gasteiger partial charge on any atom is 0.293 e. The Kier molecular flexibility index (Phi) is 4.50. The van der Waals surface area contributed by atoms with Gasteiger partial charge in [-0.2, -0.15) is 0 Å². The lowest BCUT2D eigenvalue weighted by molar-refractivity contribution is -0.132. The Bertz CT molecular complexity index is 260. The zero-order valence-corrected chi connectivity index (χ0v) is 7.63. The minimum Gasteiger partial charge on any atom is -0.491 e. The smallest absolute Gasteiger partial charge is 0.293 e. The van der Waals surface area contributed by atoms with Crippen molar-refractivity contribution in [2.45, 2.75) is 6.10 Å². The van der Waals surface area contributed by atoms with Crippen molar-refractivity contribution in [2.24, 2.45) is 0 Å².